The first-order valence-electron chi connectivity index (χ1n) is 9.08. The predicted octanol–water partition coefficient (Wildman–Crippen LogP) is 4.71. The first kappa shape index (κ1) is 22.7. The summed E-state index contributed by atoms with van der Waals surface area (Å²) in [6.45, 7) is 5.99. The number of halogens is 2. The van der Waals surface area contributed by atoms with Gasteiger partial charge in [0.2, 0.25) is 0 Å². The van der Waals surface area contributed by atoms with Crippen LogP contribution in [0.15, 0.2) is 48.0 Å². The molecule has 2 aromatic heterocycles. The minimum Gasteiger partial charge on any atom is -0.379 e. The molecule has 0 spiro atoms. The van der Waals surface area contributed by atoms with Crippen molar-refractivity contribution in [1.29, 1.82) is 5.41 Å². The molecule has 8 heteroatoms. The average molecular weight is 441 g/mol. The molecule has 1 saturated heterocycles. The van der Waals surface area contributed by atoms with Crippen LogP contribution in [0.2, 0.25) is 0 Å². The third-order valence-electron chi connectivity index (χ3n) is 4.78. The predicted molar refractivity (Wildman–Crippen MR) is 123 cm³/mol. The van der Waals surface area contributed by atoms with E-state index in [-0.39, 0.29) is 24.8 Å². The quantitative estimate of drug-likeness (QED) is 0.431. The fraction of sp³-hybridized carbons (Fsp3) is 0.350. The van der Waals surface area contributed by atoms with Gasteiger partial charge in [0, 0.05) is 49.0 Å². The smallest absolute Gasteiger partial charge is 0.140 e. The summed E-state index contributed by atoms with van der Waals surface area (Å²) < 4.78 is 7.73. The number of benzene rings is 1. The fourth-order valence-corrected chi connectivity index (χ4v) is 4.02. The average Bonchev–Trinajstić information content (AvgIpc) is 3.33. The Bertz CT molecular complexity index is 876. The number of rotatable bonds is 6. The second-order valence-corrected chi connectivity index (χ2v) is 7.52. The van der Waals surface area contributed by atoms with Crippen molar-refractivity contribution < 1.29 is 4.74 Å². The van der Waals surface area contributed by atoms with Gasteiger partial charge < -0.3 is 14.6 Å². The van der Waals surface area contributed by atoms with Gasteiger partial charge in [-0.1, -0.05) is 6.07 Å². The number of ether oxygens (including phenoxy) is 1. The number of hydrogen-bond donors (Lipinski definition) is 2. The number of morpholine rings is 1. The highest BCUT2D eigenvalue weighted by atomic mass is 35.5. The zero-order valence-electron chi connectivity index (χ0n) is 15.6. The molecule has 1 aromatic carbocycles. The topological polar surface area (TPSA) is 53.3 Å². The number of fused-ring (bicyclic) bond motifs is 1. The number of nitrogens with zero attached hydrogens (tertiary/aromatic N) is 2. The highest BCUT2D eigenvalue weighted by Crippen LogP contribution is 2.22. The molecule has 0 saturated carbocycles. The third-order valence-corrected chi connectivity index (χ3v) is 5.67. The van der Waals surface area contributed by atoms with Crippen LogP contribution in [-0.2, 0) is 11.3 Å². The summed E-state index contributed by atoms with van der Waals surface area (Å²) in [7, 11) is 0. The fourth-order valence-electron chi connectivity index (χ4n) is 3.39. The van der Waals surface area contributed by atoms with Crippen molar-refractivity contribution in [2.45, 2.75) is 13.0 Å². The van der Waals surface area contributed by atoms with Crippen LogP contribution in [0.25, 0.3) is 10.9 Å². The first-order valence-corrected chi connectivity index (χ1v) is 9.96. The molecule has 0 radical (unpaired) electrons. The second kappa shape index (κ2) is 10.8. The molecule has 152 valence electrons. The van der Waals surface area contributed by atoms with Crippen molar-refractivity contribution in [2.24, 2.45) is 0 Å². The molecule has 0 amide bonds. The molecule has 0 unspecified atom stereocenters. The van der Waals surface area contributed by atoms with Gasteiger partial charge in [0.1, 0.15) is 5.84 Å². The molecular weight excluding hydrogens is 415 g/mol. The summed E-state index contributed by atoms with van der Waals surface area (Å²) in [5.41, 5.74) is 2.21. The van der Waals surface area contributed by atoms with Gasteiger partial charge in [0.05, 0.1) is 18.1 Å². The van der Waals surface area contributed by atoms with E-state index in [0.717, 1.165) is 56.4 Å². The molecule has 3 aromatic rings. The lowest BCUT2D eigenvalue weighted by atomic mass is 10.2. The molecule has 5 nitrogen and oxygen atoms in total. The molecule has 1 aliphatic rings. The molecule has 4 rings (SSSR count). The largest absolute Gasteiger partial charge is 0.379 e. The summed E-state index contributed by atoms with van der Waals surface area (Å²) >= 11 is 1.58. The van der Waals surface area contributed by atoms with Crippen molar-refractivity contribution in [3.63, 3.8) is 0 Å². The maximum atomic E-state index is 8.17. The third kappa shape index (κ3) is 5.49. The SMILES string of the molecule is Cl.Cl.N=C(Nc1ccc2c(ccn2CCCN2CCOCC2)c1)c1cccs1. The highest BCUT2D eigenvalue weighted by molar-refractivity contribution is 7.12. The summed E-state index contributed by atoms with van der Waals surface area (Å²) in [4.78, 5) is 3.43. The van der Waals surface area contributed by atoms with Crippen LogP contribution in [0.1, 0.15) is 11.3 Å². The Morgan fingerprint density at radius 2 is 1.93 bits per heavy atom. The van der Waals surface area contributed by atoms with Gasteiger partial charge in [-0.25, -0.2) is 0 Å². The molecule has 1 fully saturated rings. The van der Waals surface area contributed by atoms with Crippen LogP contribution >= 0.6 is 36.2 Å². The van der Waals surface area contributed by atoms with E-state index in [2.05, 4.69) is 45.2 Å². The molecule has 0 aliphatic carbocycles. The van der Waals surface area contributed by atoms with Gasteiger partial charge in [0.15, 0.2) is 0 Å². The van der Waals surface area contributed by atoms with Gasteiger partial charge in [-0.05, 0) is 42.1 Å². The van der Waals surface area contributed by atoms with Gasteiger partial charge >= 0.3 is 0 Å². The lowest BCUT2D eigenvalue weighted by Crippen LogP contribution is -2.37. The van der Waals surface area contributed by atoms with Crippen LogP contribution in [0.3, 0.4) is 0 Å². The lowest BCUT2D eigenvalue weighted by Gasteiger charge is -2.26. The highest BCUT2D eigenvalue weighted by Gasteiger charge is 2.10. The monoisotopic (exact) mass is 440 g/mol. The number of nitrogens with one attached hydrogen (secondary N) is 2. The Kier molecular flexibility index (Phi) is 8.79. The zero-order valence-corrected chi connectivity index (χ0v) is 18.0. The molecular formula is C20H26Cl2N4OS. The summed E-state index contributed by atoms with van der Waals surface area (Å²) in [5, 5.41) is 14.6. The normalized spacial score (nSPS) is 14.3. The van der Waals surface area contributed by atoms with Crippen molar-refractivity contribution in [3.05, 3.63) is 52.9 Å². The number of hydrogen-bond acceptors (Lipinski definition) is 4. The number of anilines is 1. The van der Waals surface area contributed by atoms with Gasteiger partial charge in [-0.2, -0.15) is 0 Å². The Morgan fingerprint density at radius 3 is 2.68 bits per heavy atom. The molecule has 3 heterocycles. The Morgan fingerprint density at radius 1 is 1.11 bits per heavy atom. The lowest BCUT2D eigenvalue weighted by molar-refractivity contribution is 0.0370. The van der Waals surface area contributed by atoms with Crippen LogP contribution in [0.5, 0.6) is 0 Å². The summed E-state index contributed by atoms with van der Waals surface area (Å²) in [6.07, 6.45) is 3.31. The molecule has 2 N–H and O–H groups in total. The molecule has 28 heavy (non-hydrogen) atoms. The Labute approximate surface area is 182 Å². The van der Waals surface area contributed by atoms with Crippen molar-refractivity contribution in [1.82, 2.24) is 9.47 Å². The summed E-state index contributed by atoms with van der Waals surface area (Å²) in [6, 6.07) is 12.4. The summed E-state index contributed by atoms with van der Waals surface area (Å²) in [5.74, 6) is 0.448. The number of aryl methyl sites for hydroxylation is 1. The van der Waals surface area contributed by atoms with E-state index in [1.165, 1.54) is 10.9 Å². The molecule has 1 aliphatic heterocycles. The van der Waals surface area contributed by atoms with Crippen molar-refractivity contribution in [3.8, 4) is 0 Å². The van der Waals surface area contributed by atoms with E-state index in [0.29, 0.717) is 5.84 Å². The van der Waals surface area contributed by atoms with E-state index in [9.17, 15) is 0 Å². The van der Waals surface area contributed by atoms with E-state index in [4.69, 9.17) is 10.1 Å². The number of amidine groups is 1. The van der Waals surface area contributed by atoms with Crippen LogP contribution in [0.4, 0.5) is 5.69 Å². The zero-order chi connectivity index (χ0) is 17.8. The Hall–Kier alpha value is -1.57. The van der Waals surface area contributed by atoms with E-state index < -0.39 is 0 Å². The van der Waals surface area contributed by atoms with Crippen molar-refractivity contribution in [2.75, 3.05) is 38.2 Å². The van der Waals surface area contributed by atoms with E-state index in [1.807, 2.05) is 17.5 Å². The van der Waals surface area contributed by atoms with Gasteiger partial charge in [-0.15, -0.1) is 36.2 Å². The minimum absolute atomic E-state index is 0. The van der Waals surface area contributed by atoms with Crippen molar-refractivity contribution >= 4 is 58.6 Å². The maximum absolute atomic E-state index is 8.17. The second-order valence-electron chi connectivity index (χ2n) is 6.57. The minimum atomic E-state index is 0. The van der Waals surface area contributed by atoms with E-state index >= 15 is 0 Å². The number of thiophene rings is 1. The van der Waals surface area contributed by atoms with Gasteiger partial charge in [0.25, 0.3) is 0 Å². The maximum Gasteiger partial charge on any atom is 0.140 e. The first-order chi connectivity index (χ1) is 12.8. The van der Waals surface area contributed by atoms with Gasteiger partial charge in [-0.3, -0.25) is 10.3 Å². The standard InChI is InChI=1S/C20H24N4OS.2ClH/c21-20(19-3-1-14-26-19)22-17-4-5-18-16(15-17)6-9-24(18)8-2-7-23-10-12-25-13-11-23;;/h1,3-6,9,14-15H,2,7-8,10-13H2,(H2,21,22);2*1H. The molecule has 0 atom stereocenters. The van der Waals surface area contributed by atoms with Crippen LogP contribution in [-0.4, -0.2) is 48.2 Å². The molecule has 0 bridgehead atoms. The Balaban J connectivity index is 0.00000140. The van der Waals surface area contributed by atoms with E-state index in [1.54, 1.807) is 11.3 Å². The van der Waals surface area contributed by atoms with Crippen LogP contribution in [0, 0.1) is 5.41 Å². The van der Waals surface area contributed by atoms with Crippen LogP contribution < -0.4 is 5.32 Å². The number of aromatic nitrogens is 1.